The summed E-state index contributed by atoms with van der Waals surface area (Å²) in [5.41, 5.74) is 1.93. The molecule has 0 heterocycles. The lowest BCUT2D eigenvalue weighted by Crippen LogP contribution is -2.00. The van der Waals surface area contributed by atoms with Crippen molar-refractivity contribution in [3.63, 3.8) is 0 Å². The summed E-state index contributed by atoms with van der Waals surface area (Å²) in [5, 5.41) is 23.1. The van der Waals surface area contributed by atoms with Crippen LogP contribution in [-0.4, -0.2) is 4.92 Å². The van der Waals surface area contributed by atoms with Gasteiger partial charge in [0.05, 0.1) is 15.5 Å². The average Bonchev–Trinajstić information content (AvgIpc) is 2.44. The monoisotopic (exact) mass is 365 g/mol. The van der Waals surface area contributed by atoms with Crippen LogP contribution < -0.4 is 5.32 Å². The van der Waals surface area contributed by atoms with Gasteiger partial charge in [-0.15, -0.1) is 0 Å². The van der Waals surface area contributed by atoms with Crippen molar-refractivity contribution < 1.29 is 4.92 Å². The molecule has 2 rings (SSSR count). The van der Waals surface area contributed by atoms with Crippen molar-refractivity contribution in [3.8, 4) is 6.07 Å². The zero-order valence-electron chi connectivity index (χ0n) is 10.6. The van der Waals surface area contributed by atoms with Crippen molar-refractivity contribution in [1.29, 1.82) is 5.26 Å². The van der Waals surface area contributed by atoms with Crippen LogP contribution in [0.3, 0.4) is 0 Å². The maximum atomic E-state index is 10.8. The number of nitrogens with one attached hydrogen (secondary N) is 1. The first kappa shape index (κ1) is 15.3. The summed E-state index contributed by atoms with van der Waals surface area (Å²) in [5.74, 6) is 0. The van der Waals surface area contributed by atoms with E-state index in [2.05, 4.69) is 21.2 Å². The fraction of sp³-hybridized carbons (Fsp3) is 0.0714. The van der Waals surface area contributed by atoms with Gasteiger partial charge in [-0.05, 0) is 29.8 Å². The molecule has 2 aromatic carbocycles. The number of benzene rings is 2. The van der Waals surface area contributed by atoms with E-state index in [0.717, 1.165) is 11.3 Å². The standard InChI is InChI=1S/C14H9BrClN3O2/c15-11-3-9(4-13(5-11)19(20)21)8-18-12-2-1-10(7-17)14(16)6-12/h1-6,18H,8H2. The molecule has 0 radical (unpaired) electrons. The molecule has 0 aliphatic rings. The number of hydrogen-bond acceptors (Lipinski definition) is 4. The number of nitriles is 1. The molecule has 21 heavy (non-hydrogen) atoms. The Morgan fingerprint density at radius 2 is 2.10 bits per heavy atom. The minimum Gasteiger partial charge on any atom is -0.381 e. The van der Waals surface area contributed by atoms with Gasteiger partial charge in [0.15, 0.2) is 0 Å². The first-order chi connectivity index (χ1) is 9.99. The van der Waals surface area contributed by atoms with Gasteiger partial charge >= 0.3 is 0 Å². The first-order valence-corrected chi connectivity index (χ1v) is 7.04. The number of nitrogens with zero attached hydrogens (tertiary/aromatic N) is 2. The number of rotatable bonds is 4. The molecular weight excluding hydrogens is 358 g/mol. The molecule has 7 heteroatoms. The fourth-order valence-corrected chi connectivity index (χ4v) is 2.51. The molecular formula is C14H9BrClN3O2. The zero-order chi connectivity index (χ0) is 15.4. The van der Waals surface area contributed by atoms with Crippen LogP contribution in [0.4, 0.5) is 11.4 Å². The molecule has 2 aromatic rings. The molecule has 106 valence electrons. The number of nitro groups is 1. The Morgan fingerprint density at radius 3 is 2.71 bits per heavy atom. The van der Waals surface area contributed by atoms with E-state index in [1.807, 2.05) is 6.07 Å². The van der Waals surface area contributed by atoms with Gasteiger partial charge in [0, 0.05) is 28.8 Å². The van der Waals surface area contributed by atoms with E-state index in [-0.39, 0.29) is 5.69 Å². The topological polar surface area (TPSA) is 79.0 Å². The van der Waals surface area contributed by atoms with Gasteiger partial charge in [-0.25, -0.2) is 0 Å². The highest BCUT2D eigenvalue weighted by atomic mass is 79.9. The third-order valence-electron chi connectivity index (χ3n) is 2.74. The van der Waals surface area contributed by atoms with Gasteiger partial charge in [0.2, 0.25) is 0 Å². The number of non-ortho nitro benzene ring substituents is 1. The molecule has 0 amide bonds. The second kappa shape index (κ2) is 6.57. The first-order valence-electron chi connectivity index (χ1n) is 5.87. The van der Waals surface area contributed by atoms with Crippen LogP contribution in [-0.2, 0) is 6.54 Å². The summed E-state index contributed by atoms with van der Waals surface area (Å²) in [6.45, 7) is 0.405. The Hall–Kier alpha value is -2.10. The molecule has 0 saturated heterocycles. The van der Waals surface area contributed by atoms with Crippen LogP contribution in [0.25, 0.3) is 0 Å². The lowest BCUT2D eigenvalue weighted by atomic mass is 10.2. The van der Waals surface area contributed by atoms with E-state index in [1.54, 1.807) is 24.3 Å². The van der Waals surface area contributed by atoms with E-state index in [9.17, 15) is 10.1 Å². The van der Waals surface area contributed by atoms with Gasteiger partial charge in [-0.2, -0.15) is 5.26 Å². The Balaban J connectivity index is 2.15. The van der Waals surface area contributed by atoms with Crippen molar-refractivity contribution in [2.75, 3.05) is 5.32 Å². The smallest absolute Gasteiger partial charge is 0.270 e. The third-order valence-corrected chi connectivity index (χ3v) is 3.51. The van der Waals surface area contributed by atoms with E-state index in [0.29, 0.717) is 21.6 Å². The van der Waals surface area contributed by atoms with Crippen molar-refractivity contribution in [3.05, 3.63) is 67.1 Å². The summed E-state index contributed by atoms with van der Waals surface area (Å²) in [6, 6.07) is 11.7. The van der Waals surface area contributed by atoms with E-state index in [4.69, 9.17) is 16.9 Å². The predicted molar refractivity (Wildman–Crippen MR) is 84.3 cm³/mol. The minimum atomic E-state index is -0.438. The van der Waals surface area contributed by atoms with E-state index in [1.165, 1.54) is 12.1 Å². The largest absolute Gasteiger partial charge is 0.381 e. The number of nitro benzene ring substituents is 1. The second-order valence-electron chi connectivity index (χ2n) is 4.23. The van der Waals surface area contributed by atoms with Gasteiger partial charge in [-0.1, -0.05) is 27.5 Å². The summed E-state index contributed by atoms with van der Waals surface area (Å²) >= 11 is 9.19. The molecule has 0 atom stereocenters. The van der Waals surface area contributed by atoms with Crippen molar-refractivity contribution >= 4 is 38.9 Å². The molecule has 0 aliphatic heterocycles. The van der Waals surface area contributed by atoms with Crippen LogP contribution >= 0.6 is 27.5 Å². The Labute approximate surface area is 134 Å². The van der Waals surface area contributed by atoms with E-state index >= 15 is 0 Å². The minimum absolute atomic E-state index is 0.0269. The Morgan fingerprint density at radius 1 is 1.33 bits per heavy atom. The van der Waals surface area contributed by atoms with Crippen LogP contribution in [0, 0.1) is 21.4 Å². The molecule has 0 bridgehead atoms. The molecule has 0 fully saturated rings. The van der Waals surface area contributed by atoms with Crippen LogP contribution in [0.15, 0.2) is 40.9 Å². The van der Waals surface area contributed by atoms with Gasteiger partial charge in [0.1, 0.15) is 6.07 Å². The summed E-state index contributed by atoms with van der Waals surface area (Å²) < 4.78 is 0.645. The highest BCUT2D eigenvalue weighted by Gasteiger charge is 2.09. The normalized spacial score (nSPS) is 9.95. The SMILES string of the molecule is N#Cc1ccc(NCc2cc(Br)cc([N+](=O)[O-])c2)cc1Cl. The Bertz CT molecular complexity index is 743. The maximum absolute atomic E-state index is 10.8. The third kappa shape index (κ3) is 3.94. The molecule has 0 unspecified atom stereocenters. The number of hydrogen-bond donors (Lipinski definition) is 1. The van der Waals surface area contributed by atoms with E-state index < -0.39 is 4.92 Å². The summed E-state index contributed by atoms with van der Waals surface area (Å²) in [7, 11) is 0. The lowest BCUT2D eigenvalue weighted by Gasteiger charge is -2.08. The quantitative estimate of drug-likeness (QED) is 0.638. The molecule has 5 nitrogen and oxygen atoms in total. The van der Waals surface area contributed by atoms with Gasteiger partial charge < -0.3 is 5.32 Å². The van der Waals surface area contributed by atoms with Crippen molar-refractivity contribution in [1.82, 2.24) is 0 Å². The summed E-state index contributed by atoms with van der Waals surface area (Å²) in [4.78, 5) is 10.4. The molecule has 1 N–H and O–H groups in total. The highest BCUT2D eigenvalue weighted by Crippen LogP contribution is 2.23. The fourth-order valence-electron chi connectivity index (χ4n) is 1.76. The van der Waals surface area contributed by atoms with Crippen molar-refractivity contribution in [2.45, 2.75) is 6.54 Å². The average molecular weight is 367 g/mol. The van der Waals surface area contributed by atoms with Crippen molar-refractivity contribution in [2.24, 2.45) is 0 Å². The van der Waals surface area contributed by atoms with Crippen LogP contribution in [0.5, 0.6) is 0 Å². The summed E-state index contributed by atoms with van der Waals surface area (Å²) in [6.07, 6.45) is 0. The molecule has 0 spiro atoms. The number of halogens is 2. The van der Waals surface area contributed by atoms with Gasteiger partial charge in [-0.3, -0.25) is 10.1 Å². The van der Waals surface area contributed by atoms with Gasteiger partial charge in [0.25, 0.3) is 5.69 Å². The highest BCUT2D eigenvalue weighted by molar-refractivity contribution is 9.10. The number of anilines is 1. The van der Waals surface area contributed by atoms with Crippen LogP contribution in [0.2, 0.25) is 5.02 Å². The Kier molecular flexibility index (Phi) is 4.78. The maximum Gasteiger partial charge on any atom is 0.270 e. The molecule has 0 aliphatic carbocycles. The zero-order valence-corrected chi connectivity index (χ0v) is 13.0. The van der Waals surface area contributed by atoms with Crippen LogP contribution in [0.1, 0.15) is 11.1 Å². The second-order valence-corrected chi connectivity index (χ2v) is 5.56. The molecule has 0 aromatic heterocycles. The lowest BCUT2D eigenvalue weighted by molar-refractivity contribution is -0.385. The predicted octanol–water partition coefficient (Wildman–Crippen LogP) is 4.49. The molecule has 0 saturated carbocycles.